The summed E-state index contributed by atoms with van der Waals surface area (Å²) in [6.45, 7) is 0.358. The standard InChI is InChI=1S/C14H14BrNO4S/c1-19-14-7-2-10(8-13(14)15)9-20-11-3-5-12(6-4-11)21(16,17)18/h2-8H,9H2,1H3,(H2,16,17,18). The van der Waals surface area contributed by atoms with Gasteiger partial charge in [0.15, 0.2) is 0 Å². The highest BCUT2D eigenvalue weighted by atomic mass is 79.9. The molecule has 0 radical (unpaired) electrons. The molecule has 2 rings (SSSR count). The predicted molar refractivity (Wildman–Crippen MR) is 82.8 cm³/mol. The van der Waals surface area contributed by atoms with Gasteiger partial charge in [0.1, 0.15) is 18.1 Å². The van der Waals surface area contributed by atoms with Gasteiger partial charge in [0.05, 0.1) is 16.5 Å². The molecular weight excluding hydrogens is 358 g/mol. The lowest BCUT2D eigenvalue weighted by molar-refractivity contribution is 0.305. The molecule has 0 aromatic heterocycles. The molecular formula is C14H14BrNO4S. The van der Waals surface area contributed by atoms with Crippen molar-refractivity contribution in [1.82, 2.24) is 0 Å². The lowest BCUT2D eigenvalue weighted by Gasteiger charge is -2.09. The van der Waals surface area contributed by atoms with Crippen LogP contribution in [0.2, 0.25) is 0 Å². The van der Waals surface area contributed by atoms with Gasteiger partial charge in [-0.2, -0.15) is 0 Å². The fourth-order valence-electron chi connectivity index (χ4n) is 1.69. The van der Waals surface area contributed by atoms with Crippen LogP contribution in [0.4, 0.5) is 0 Å². The zero-order valence-corrected chi connectivity index (χ0v) is 13.6. The number of ether oxygens (including phenoxy) is 2. The van der Waals surface area contributed by atoms with Crippen LogP contribution >= 0.6 is 15.9 Å². The molecule has 0 aliphatic rings. The molecule has 0 atom stereocenters. The van der Waals surface area contributed by atoms with Crippen LogP contribution in [0.15, 0.2) is 51.8 Å². The topological polar surface area (TPSA) is 78.6 Å². The number of primary sulfonamides is 1. The first kappa shape index (κ1) is 15.8. The average molecular weight is 372 g/mol. The normalized spacial score (nSPS) is 11.2. The lowest BCUT2D eigenvalue weighted by Crippen LogP contribution is -2.11. The van der Waals surface area contributed by atoms with E-state index in [1.807, 2.05) is 18.2 Å². The van der Waals surface area contributed by atoms with Gasteiger partial charge in [0.25, 0.3) is 0 Å². The number of methoxy groups -OCH3 is 1. The van der Waals surface area contributed by atoms with Crippen LogP contribution in [-0.2, 0) is 16.6 Å². The van der Waals surface area contributed by atoms with Crippen LogP contribution in [0.5, 0.6) is 11.5 Å². The summed E-state index contributed by atoms with van der Waals surface area (Å²) in [6.07, 6.45) is 0. The highest BCUT2D eigenvalue weighted by Crippen LogP contribution is 2.26. The van der Waals surface area contributed by atoms with E-state index < -0.39 is 10.0 Å². The molecule has 0 saturated carbocycles. The van der Waals surface area contributed by atoms with E-state index in [1.54, 1.807) is 19.2 Å². The first-order chi connectivity index (χ1) is 9.90. The summed E-state index contributed by atoms with van der Waals surface area (Å²) in [5.74, 6) is 1.31. The summed E-state index contributed by atoms with van der Waals surface area (Å²) in [6, 6.07) is 11.6. The Hall–Kier alpha value is -1.57. The lowest BCUT2D eigenvalue weighted by atomic mass is 10.2. The predicted octanol–water partition coefficient (Wildman–Crippen LogP) is 2.68. The third-order valence-corrected chi connectivity index (χ3v) is 4.32. The Kier molecular flexibility index (Phi) is 4.87. The number of hydrogen-bond donors (Lipinski definition) is 1. The Labute approximate surface area is 131 Å². The van der Waals surface area contributed by atoms with E-state index in [0.29, 0.717) is 12.4 Å². The van der Waals surface area contributed by atoms with E-state index in [0.717, 1.165) is 15.8 Å². The largest absolute Gasteiger partial charge is 0.496 e. The summed E-state index contributed by atoms with van der Waals surface area (Å²) in [5, 5.41) is 5.03. The summed E-state index contributed by atoms with van der Waals surface area (Å²) < 4.78 is 33.9. The van der Waals surface area contributed by atoms with Crippen molar-refractivity contribution in [2.24, 2.45) is 5.14 Å². The van der Waals surface area contributed by atoms with Gasteiger partial charge in [-0.25, -0.2) is 13.6 Å². The molecule has 0 aliphatic heterocycles. The monoisotopic (exact) mass is 371 g/mol. The molecule has 2 aromatic rings. The molecule has 0 bridgehead atoms. The Bertz CT molecular complexity index is 729. The van der Waals surface area contributed by atoms with Crippen molar-refractivity contribution < 1.29 is 17.9 Å². The van der Waals surface area contributed by atoms with Gasteiger partial charge in [-0.1, -0.05) is 6.07 Å². The second kappa shape index (κ2) is 6.46. The van der Waals surface area contributed by atoms with Gasteiger partial charge in [0.2, 0.25) is 10.0 Å². The summed E-state index contributed by atoms with van der Waals surface area (Å²) in [4.78, 5) is 0.0574. The Morgan fingerprint density at radius 1 is 1.14 bits per heavy atom. The van der Waals surface area contributed by atoms with E-state index in [2.05, 4.69) is 15.9 Å². The Morgan fingerprint density at radius 2 is 1.81 bits per heavy atom. The average Bonchev–Trinajstić information content (AvgIpc) is 2.45. The third-order valence-electron chi connectivity index (χ3n) is 2.77. The van der Waals surface area contributed by atoms with E-state index >= 15 is 0 Å². The number of nitrogens with two attached hydrogens (primary N) is 1. The van der Waals surface area contributed by atoms with Gasteiger partial charge in [-0.05, 0) is 57.9 Å². The molecule has 21 heavy (non-hydrogen) atoms. The molecule has 0 fully saturated rings. The van der Waals surface area contributed by atoms with Gasteiger partial charge in [-0.15, -0.1) is 0 Å². The second-order valence-electron chi connectivity index (χ2n) is 4.27. The summed E-state index contributed by atoms with van der Waals surface area (Å²) in [7, 11) is -2.08. The highest BCUT2D eigenvalue weighted by molar-refractivity contribution is 9.10. The SMILES string of the molecule is COc1ccc(COc2ccc(S(N)(=O)=O)cc2)cc1Br. The maximum atomic E-state index is 11.1. The molecule has 0 heterocycles. The van der Waals surface area contributed by atoms with Crippen LogP contribution < -0.4 is 14.6 Å². The maximum Gasteiger partial charge on any atom is 0.238 e. The van der Waals surface area contributed by atoms with Crippen molar-refractivity contribution in [2.45, 2.75) is 11.5 Å². The van der Waals surface area contributed by atoms with E-state index in [-0.39, 0.29) is 4.90 Å². The van der Waals surface area contributed by atoms with Gasteiger partial charge in [0, 0.05) is 0 Å². The van der Waals surface area contributed by atoms with Crippen LogP contribution in [-0.4, -0.2) is 15.5 Å². The zero-order chi connectivity index (χ0) is 15.5. The van der Waals surface area contributed by atoms with E-state index in [1.165, 1.54) is 12.1 Å². The van der Waals surface area contributed by atoms with Crippen molar-refractivity contribution in [3.05, 3.63) is 52.5 Å². The van der Waals surface area contributed by atoms with Crippen molar-refractivity contribution in [3.8, 4) is 11.5 Å². The fourth-order valence-corrected chi connectivity index (χ4v) is 2.80. The van der Waals surface area contributed by atoms with E-state index in [4.69, 9.17) is 14.6 Å². The molecule has 0 amide bonds. The number of sulfonamides is 1. The van der Waals surface area contributed by atoms with Crippen LogP contribution in [0.3, 0.4) is 0 Å². The smallest absolute Gasteiger partial charge is 0.238 e. The van der Waals surface area contributed by atoms with Crippen molar-refractivity contribution in [2.75, 3.05) is 7.11 Å². The van der Waals surface area contributed by atoms with Crippen molar-refractivity contribution in [3.63, 3.8) is 0 Å². The number of hydrogen-bond acceptors (Lipinski definition) is 4. The van der Waals surface area contributed by atoms with Crippen LogP contribution in [0, 0.1) is 0 Å². The number of halogens is 1. The molecule has 112 valence electrons. The molecule has 7 heteroatoms. The minimum absolute atomic E-state index is 0.0574. The minimum Gasteiger partial charge on any atom is -0.496 e. The van der Waals surface area contributed by atoms with E-state index in [9.17, 15) is 8.42 Å². The highest BCUT2D eigenvalue weighted by Gasteiger charge is 2.07. The van der Waals surface area contributed by atoms with Crippen LogP contribution in [0.1, 0.15) is 5.56 Å². The second-order valence-corrected chi connectivity index (χ2v) is 6.69. The Morgan fingerprint density at radius 3 is 2.33 bits per heavy atom. The maximum absolute atomic E-state index is 11.1. The quantitative estimate of drug-likeness (QED) is 0.875. The summed E-state index contributed by atoms with van der Waals surface area (Å²) in [5.41, 5.74) is 0.957. The number of rotatable bonds is 5. The first-order valence-electron chi connectivity index (χ1n) is 5.98. The van der Waals surface area contributed by atoms with Gasteiger partial charge >= 0.3 is 0 Å². The van der Waals surface area contributed by atoms with Gasteiger partial charge < -0.3 is 9.47 Å². The van der Waals surface area contributed by atoms with Crippen molar-refractivity contribution in [1.29, 1.82) is 0 Å². The Balaban J connectivity index is 2.05. The molecule has 5 nitrogen and oxygen atoms in total. The fraction of sp³-hybridized carbons (Fsp3) is 0.143. The molecule has 2 aromatic carbocycles. The first-order valence-corrected chi connectivity index (χ1v) is 8.32. The van der Waals surface area contributed by atoms with Gasteiger partial charge in [-0.3, -0.25) is 0 Å². The zero-order valence-electron chi connectivity index (χ0n) is 11.2. The van der Waals surface area contributed by atoms with Crippen LogP contribution in [0.25, 0.3) is 0 Å². The molecule has 2 N–H and O–H groups in total. The molecule has 0 aliphatic carbocycles. The summed E-state index contributed by atoms with van der Waals surface area (Å²) >= 11 is 3.40. The van der Waals surface area contributed by atoms with Crippen molar-refractivity contribution >= 4 is 26.0 Å². The minimum atomic E-state index is -3.68. The molecule has 0 unspecified atom stereocenters. The third kappa shape index (κ3) is 4.20. The molecule has 0 saturated heterocycles. The number of benzene rings is 2. The molecule has 0 spiro atoms.